The van der Waals surface area contributed by atoms with Crippen LogP contribution in [0.4, 0.5) is 4.39 Å². The molecule has 5 nitrogen and oxygen atoms in total. The highest BCUT2D eigenvalue weighted by atomic mass is 19.1. The van der Waals surface area contributed by atoms with Gasteiger partial charge in [0.2, 0.25) is 0 Å². The monoisotopic (exact) mass is 334 g/mol. The first-order chi connectivity index (χ1) is 12.1. The normalized spacial score (nSPS) is 11.1. The van der Waals surface area contributed by atoms with Crippen LogP contribution in [-0.2, 0) is 6.42 Å². The lowest BCUT2D eigenvalue weighted by Crippen LogP contribution is -2.22. The van der Waals surface area contributed by atoms with E-state index in [9.17, 15) is 9.18 Å². The van der Waals surface area contributed by atoms with Gasteiger partial charge in [0.15, 0.2) is 5.65 Å². The fourth-order valence-electron chi connectivity index (χ4n) is 2.90. The Kier molecular flexibility index (Phi) is 3.65. The number of halogens is 1. The third-order valence-electron chi connectivity index (χ3n) is 4.23. The first kappa shape index (κ1) is 15.3. The summed E-state index contributed by atoms with van der Waals surface area (Å²) in [6, 6.07) is 12.0. The zero-order valence-corrected chi connectivity index (χ0v) is 13.5. The number of nitrogens with zero attached hydrogens (tertiary/aromatic N) is 3. The van der Waals surface area contributed by atoms with Gasteiger partial charge in [0.25, 0.3) is 5.56 Å². The molecule has 0 bridgehead atoms. The lowest BCUT2D eigenvalue weighted by molar-refractivity contribution is 0.613. The fourth-order valence-corrected chi connectivity index (χ4v) is 2.90. The predicted octanol–water partition coefficient (Wildman–Crippen LogP) is 3.12. The summed E-state index contributed by atoms with van der Waals surface area (Å²) >= 11 is 0. The number of aromatic nitrogens is 4. The van der Waals surface area contributed by atoms with E-state index in [0.717, 1.165) is 11.3 Å². The number of hydrogen-bond donors (Lipinski definition) is 1. The summed E-state index contributed by atoms with van der Waals surface area (Å²) in [4.78, 5) is 21.7. The number of aryl methyl sites for hydroxylation is 1. The highest BCUT2D eigenvalue weighted by Crippen LogP contribution is 2.21. The van der Waals surface area contributed by atoms with Crippen LogP contribution in [0, 0.1) is 12.7 Å². The summed E-state index contributed by atoms with van der Waals surface area (Å²) in [7, 11) is 0. The second kappa shape index (κ2) is 5.98. The van der Waals surface area contributed by atoms with Gasteiger partial charge in [-0.3, -0.25) is 14.9 Å². The van der Waals surface area contributed by atoms with Crippen molar-refractivity contribution in [2.24, 2.45) is 0 Å². The SMILES string of the molecule is Cc1nc2c(-c3ccccn3)c[nH]n2c(=O)c1Cc1ccccc1F. The van der Waals surface area contributed by atoms with Crippen molar-refractivity contribution in [2.75, 3.05) is 0 Å². The van der Waals surface area contributed by atoms with E-state index in [1.165, 1.54) is 10.6 Å². The third-order valence-corrected chi connectivity index (χ3v) is 4.23. The Morgan fingerprint density at radius 1 is 1.16 bits per heavy atom. The molecule has 4 rings (SSSR count). The van der Waals surface area contributed by atoms with Gasteiger partial charge in [0.05, 0.1) is 11.3 Å². The molecule has 0 fully saturated rings. The standard InChI is InChI=1S/C19H15FN4O/c1-12-14(10-13-6-2-3-7-16(13)20)19(25)24-18(23-12)15(11-22-24)17-8-4-5-9-21-17/h2-9,11,22H,10H2,1H3. The van der Waals surface area contributed by atoms with Gasteiger partial charge in [-0.2, -0.15) is 0 Å². The third kappa shape index (κ3) is 2.61. The van der Waals surface area contributed by atoms with E-state index in [-0.39, 0.29) is 17.8 Å². The van der Waals surface area contributed by atoms with Crippen molar-refractivity contribution in [3.63, 3.8) is 0 Å². The molecule has 124 valence electrons. The number of aromatic amines is 1. The summed E-state index contributed by atoms with van der Waals surface area (Å²) < 4.78 is 15.3. The van der Waals surface area contributed by atoms with E-state index in [1.807, 2.05) is 18.2 Å². The lowest BCUT2D eigenvalue weighted by Gasteiger charge is -2.07. The highest BCUT2D eigenvalue weighted by Gasteiger charge is 2.16. The van der Waals surface area contributed by atoms with Gasteiger partial charge in [0.1, 0.15) is 5.82 Å². The Morgan fingerprint density at radius 2 is 1.96 bits per heavy atom. The minimum atomic E-state index is -0.327. The Labute approximate surface area is 142 Å². The average Bonchev–Trinajstić information content (AvgIpc) is 3.04. The number of fused-ring (bicyclic) bond motifs is 1. The molecule has 6 heteroatoms. The highest BCUT2D eigenvalue weighted by molar-refractivity contribution is 5.74. The van der Waals surface area contributed by atoms with Gasteiger partial charge in [-0.15, -0.1) is 0 Å². The smallest absolute Gasteiger partial charge is 0.276 e. The largest absolute Gasteiger partial charge is 0.296 e. The van der Waals surface area contributed by atoms with Crippen LogP contribution in [0.5, 0.6) is 0 Å². The molecule has 1 N–H and O–H groups in total. The Hall–Kier alpha value is -3.28. The fraction of sp³-hybridized carbons (Fsp3) is 0.105. The van der Waals surface area contributed by atoms with E-state index in [1.54, 1.807) is 37.5 Å². The molecule has 0 spiro atoms. The topological polar surface area (TPSA) is 63.1 Å². The molecule has 3 heterocycles. The molecule has 25 heavy (non-hydrogen) atoms. The molecule has 0 aliphatic rings. The molecule has 0 atom stereocenters. The summed E-state index contributed by atoms with van der Waals surface area (Å²) in [6.45, 7) is 1.77. The van der Waals surface area contributed by atoms with Crippen molar-refractivity contribution < 1.29 is 4.39 Å². The summed E-state index contributed by atoms with van der Waals surface area (Å²) in [5.74, 6) is -0.327. The van der Waals surface area contributed by atoms with Crippen LogP contribution in [-0.4, -0.2) is 19.6 Å². The van der Waals surface area contributed by atoms with Crippen LogP contribution < -0.4 is 5.56 Å². The quantitative estimate of drug-likeness (QED) is 0.626. The average molecular weight is 334 g/mol. The van der Waals surface area contributed by atoms with Gasteiger partial charge in [-0.25, -0.2) is 13.9 Å². The maximum Gasteiger partial charge on any atom is 0.276 e. The number of pyridine rings is 1. The minimum Gasteiger partial charge on any atom is -0.296 e. The lowest BCUT2D eigenvalue weighted by atomic mass is 10.0. The van der Waals surface area contributed by atoms with E-state index < -0.39 is 0 Å². The van der Waals surface area contributed by atoms with Crippen molar-refractivity contribution in [3.05, 3.63) is 87.9 Å². The number of hydrogen-bond acceptors (Lipinski definition) is 3. The van der Waals surface area contributed by atoms with Gasteiger partial charge in [-0.05, 0) is 30.7 Å². The number of H-pyrrole nitrogens is 1. The summed E-state index contributed by atoms with van der Waals surface area (Å²) in [6.07, 6.45) is 3.60. The number of nitrogens with one attached hydrogen (secondary N) is 1. The number of benzene rings is 1. The van der Waals surface area contributed by atoms with E-state index >= 15 is 0 Å². The molecule has 0 unspecified atom stereocenters. The van der Waals surface area contributed by atoms with E-state index in [0.29, 0.717) is 22.5 Å². The second-order valence-corrected chi connectivity index (χ2v) is 5.81. The predicted molar refractivity (Wildman–Crippen MR) is 93.0 cm³/mol. The van der Waals surface area contributed by atoms with Gasteiger partial charge in [0, 0.05) is 30.1 Å². The molecule has 1 aromatic carbocycles. The molecule has 0 radical (unpaired) electrons. The van der Waals surface area contributed by atoms with Crippen molar-refractivity contribution in [3.8, 4) is 11.3 Å². The first-order valence-electron chi connectivity index (χ1n) is 7.89. The Balaban J connectivity index is 1.86. The maximum atomic E-state index is 13.9. The van der Waals surface area contributed by atoms with Crippen molar-refractivity contribution in [2.45, 2.75) is 13.3 Å². The van der Waals surface area contributed by atoms with Crippen LogP contribution in [0.2, 0.25) is 0 Å². The molecule has 0 aliphatic heterocycles. The number of rotatable bonds is 3. The molecular weight excluding hydrogens is 319 g/mol. The molecule has 0 amide bonds. The zero-order chi connectivity index (χ0) is 17.4. The van der Waals surface area contributed by atoms with Crippen molar-refractivity contribution in [1.82, 2.24) is 19.6 Å². The molecular formula is C19H15FN4O. The van der Waals surface area contributed by atoms with Crippen LogP contribution in [0.1, 0.15) is 16.8 Å². The minimum absolute atomic E-state index is 0.200. The van der Waals surface area contributed by atoms with E-state index in [2.05, 4.69) is 15.1 Å². The van der Waals surface area contributed by atoms with Crippen molar-refractivity contribution in [1.29, 1.82) is 0 Å². The first-order valence-corrected chi connectivity index (χ1v) is 7.89. The second-order valence-electron chi connectivity index (χ2n) is 5.81. The van der Waals surface area contributed by atoms with Crippen LogP contribution >= 0.6 is 0 Å². The maximum absolute atomic E-state index is 13.9. The van der Waals surface area contributed by atoms with Crippen LogP contribution in [0.3, 0.4) is 0 Å². The summed E-state index contributed by atoms with van der Waals surface area (Å²) in [5, 5.41) is 2.93. The van der Waals surface area contributed by atoms with E-state index in [4.69, 9.17) is 0 Å². The van der Waals surface area contributed by atoms with Crippen LogP contribution in [0.15, 0.2) is 59.7 Å². The molecule has 0 saturated heterocycles. The van der Waals surface area contributed by atoms with Gasteiger partial charge >= 0.3 is 0 Å². The van der Waals surface area contributed by atoms with Gasteiger partial charge < -0.3 is 0 Å². The van der Waals surface area contributed by atoms with Gasteiger partial charge in [-0.1, -0.05) is 24.3 Å². The molecule has 3 aromatic heterocycles. The molecule has 0 aliphatic carbocycles. The summed E-state index contributed by atoms with van der Waals surface area (Å²) in [5.41, 5.74) is 3.29. The molecule has 0 saturated carbocycles. The zero-order valence-electron chi connectivity index (χ0n) is 13.5. The molecule has 4 aromatic rings. The Bertz CT molecular complexity index is 1120. The Morgan fingerprint density at radius 3 is 2.72 bits per heavy atom. The van der Waals surface area contributed by atoms with Crippen molar-refractivity contribution >= 4 is 5.65 Å². The van der Waals surface area contributed by atoms with Crippen LogP contribution in [0.25, 0.3) is 16.9 Å².